The van der Waals surface area contributed by atoms with Crippen molar-refractivity contribution in [3.63, 3.8) is 0 Å². The molecule has 23 heteroatoms. The second-order valence-electron chi connectivity index (χ2n) is 29.4. The molecule has 2 aromatic carbocycles. The van der Waals surface area contributed by atoms with Gasteiger partial charge in [-0.1, -0.05) is 219 Å². The summed E-state index contributed by atoms with van der Waals surface area (Å²) in [6.45, 7) is 4.72. The topological polar surface area (TPSA) is 252 Å². The van der Waals surface area contributed by atoms with Crippen molar-refractivity contribution in [1.29, 1.82) is 0 Å². The fourth-order valence-electron chi connectivity index (χ4n) is 11.1. The van der Waals surface area contributed by atoms with Gasteiger partial charge in [-0.15, -0.1) is 0 Å². The fourth-order valence-corrected chi connectivity index (χ4v) is 12.6. The third kappa shape index (κ3) is 56.1. The number of benzene rings is 2. The summed E-state index contributed by atoms with van der Waals surface area (Å²) in [7, 11) is 2.68. The average Bonchev–Trinajstić information content (AvgIpc) is 0.823. The highest BCUT2D eigenvalue weighted by Crippen LogP contribution is 2.44. The summed E-state index contributed by atoms with van der Waals surface area (Å²) in [6, 6.07) is 9.73. The summed E-state index contributed by atoms with van der Waals surface area (Å²) < 4.78 is 97.9. The first-order valence-electron chi connectivity index (χ1n) is 40.3. The van der Waals surface area contributed by atoms with Crippen molar-refractivity contribution in [2.45, 2.75) is 296 Å². The predicted octanol–water partition coefficient (Wildman–Crippen LogP) is 18.7. The monoisotopic (exact) mass is 1490 g/mol. The van der Waals surface area contributed by atoms with Crippen LogP contribution in [-0.2, 0) is 65.4 Å². The van der Waals surface area contributed by atoms with Crippen LogP contribution in [0, 0.1) is 0 Å². The van der Waals surface area contributed by atoms with Crippen molar-refractivity contribution >= 4 is 45.3 Å². The van der Waals surface area contributed by atoms with E-state index in [1.54, 1.807) is 24.3 Å². The number of phosphoric ester groups is 2. The normalized spacial score (nSPS) is 13.9. The van der Waals surface area contributed by atoms with Crippen LogP contribution in [0.15, 0.2) is 48.5 Å². The van der Waals surface area contributed by atoms with Crippen LogP contribution in [0.3, 0.4) is 0 Å². The Hall–Kier alpha value is -4.27. The van der Waals surface area contributed by atoms with Gasteiger partial charge < -0.3 is 47.2 Å². The maximum absolute atomic E-state index is 13.4. The lowest BCUT2D eigenvalue weighted by atomic mass is 10.0. The van der Waals surface area contributed by atoms with Gasteiger partial charge in [0.2, 0.25) is 0 Å². The Bertz CT molecular complexity index is 2540. The van der Waals surface area contributed by atoms with E-state index in [0.717, 1.165) is 128 Å². The molecule has 0 heterocycles. The highest BCUT2D eigenvalue weighted by atomic mass is 31.2. The molecule has 0 radical (unpaired) electrons. The number of unbranched alkanes of at least 4 members (excludes halogenated alkanes) is 34. The first-order chi connectivity index (χ1) is 49.7. The number of ketones is 1. The van der Waals surface area contributed by atoms with E-state index in [2.05, 4.69) is 13.8 Å². The number of quaternary nitrogens is 2. The van der Waals surface area contributed by atoms with Crippen LogP contribution < -0.4 is 9.47 Å². The van der Waals surface area contributed by atoms with Gasteiger partial charge in [0.1, 0.15) is 51.0 Å². The highest BCUT2D eigenvalue weighted by molar-refractivity contribution is 7.47. The molecule has 0 spiro atoms. The SMILES string of the molecule is [3H]c1cc(C(=O)c2ccc(OCCCCCCCCCCC(=O)OC[C@H](COP(=O)(O)OCC[N+](C)(C)C)OC(=O)CCCCCCCCCCCCC)c([3H])c2)ccc1OCCCCCCCCCCC(=O)OC[C@H](COP(=O)(O)OCC[N+](C)(C)C)OC(=O)CCCCCCCCCCCCC. The fraction of sp³-hybridized carbons (Fsp3) is 0.785. The standard InChI is InChI=1S/C79H138N2O19P2/c1-9-11-13-15-17-19-21-23-31-37-43-49-77(84)99-73(67-97-101(87,88)95-63-59-80(3,4)5)65-93-75(82)47-41-35-29-25-27-33-39-45-61-91-71-55-51-69(52-56-71)79(86)70-53-57-72(58-54-70)92-62-46-40-34-28-26-30-36-42-48-76(83)94-66-74(68-98-102(89,90)96-64-60-81(6,7)8)100-78(85)50-44-38-32-24-22-20-18-16-14-12-10-2/h51-58,73-74H,9-50,59-68H2,1-8H3/p+2/t73-,74-/m1/s1/i55T,57T. The molecule has 2 N–H and O–H groups in total. The third-order valence-electron chi connectivity index (χ3n) is 17.5. The molecule has 2 aromatic rings. The number of carbonyl (C=O) groups is 5. The van der Waals surface area contributed by atoms with Crippen LogP contribution in [0.4, 0.5) is 0 Å². The Balaban J connectivity index is 1.63. The highest BCUT2D eigenvalue weighted by Gasteiger charge is 2.29. The predicted molar refractivity (Wildman–Crippen MR) is 404 cm³/mol. The Morgan fingerprint density at radius 3 is 0.922 bits per heavy atom. The lowest BCUT2D eigenvalue weighted by Crippen LogP contribution is -2.37. The first kappa shape index (κ1) is 90.1. The molecule has 588 valence electrons. The lowest BCUT2D eigenvalue weighted by Gasteiger charge is -2.24. The number of hydrogen-bond donors (Lipinski definition) is 2. The third-order valence-corrected chi connectivity index (χ3v) is 19.4. The van der Waals surface area contributed by atoms with Crippen LogP contribution in [-0.4, -0.2) is 169 Å². The Labute approximate surface area is 618 Å². The van der Waals surface area contributed by atoms with Crippen molar-refractivity contribution in [1.82, 2.24) is 0 Å². The van der Waals surface area contributed by atoms with Gasteiger partial charge in [-0.05, 0) is 87.0 Å². The smallest absolute Gasteiger partial charge is 0.472 e. The van der Waals surface area contributed by atoms with Crippen LogP contribution in [0.2, 0.25) is 0 Å². The van der Waals surface area contributed by atoms with E-state index >= 15 is 0 Å². The minimum atomic E-state index is -4.44. The number of hydrogen-bond acceptors (Lipinski definition) is 17. The molecule has 4 atom stereocenters. The van der Waals surface area contributed by atoms with Crippen molar-refractivity contribution in [3.05, 3.63) is 59.6 Å². The van der Waals surface area contributed by atoms with Gasteiger partial charge in [0.15, 0.2) is 18.0 Å². The van der Waals surface area contributed by atoms with Crippen molar-refractivity contribution in [2.24, 2.45) is 0 Å². The maximum atomic E-state index is 13.4. The summed E-state index contributed by atoms with van der Waals surface area (Å²) in [6.07, 6.45) is 38.3. The molecule has 0 amide bonds. The van der Waals surface area contributed by atoms with Crippen LogP contribution >= 0.6 is 15.6 Å². The zero-order chi connectivity index (χ0) is 76.6. The molecule has 21 nitrogen and oxygen atoms in total. The van der Waals surface area contributed by atoms with Gasteiger partial charge in [-0.3, -0.25) is 42.1 Å². The van der Waals surface area contributed by atoms with E-state index in [9.17, 15) is 42.9 Å². The number of nitrogens with zero attached hydrogens (tertiary/aromatic N) is 2. The first-order valence-corrected chi connectivity index (χ1v) is 42.3. The molecule has 0 saturated heterocycles. The number of ether oxygens (including phenoxy) is 6. The number of rotatable bonds is 70. The molecule has 0 aromatic heterocycles. The maximum Gasteiger partial charge on any atom is 0.472 e. The average molecular weight is 1490 g/mol. The van der Waals surface area contributed by atoms with E-state index in [1.165, 1.54) is 102 Å². The summed E-state index contributed by atoms with van der Waals surface area (Å²) in [5, 5.41) is 0. The summed E-state index contributed by atoms with van der Waals surface area (Å²) in [5.74, 6) is -1.36. The molecule has 0 aliphatic heterocycles. The van der Waals surface area contributed by atoms with E-state index in [1.807, 2.05) is 42.3 Å². The molecule has 2 unspecified atom stereocenters. The Kier molecular flexibility index (Phi) is 52.0. The minimum absolute atomic E-state index is 0.0101. The minimum Gasteiger partial charge on any atom is -0.494 e. The molecule has 0 aliphatic rings. The molecule has 102 heavy (non-hydrogen) atoms. The Morgan fingerprint density at radius 1 is 0.363 bits per heavy atom. The summed E-state index contributed by atoms with van der Waals surface area (Å²) >= 11 is 0. The van der Waals surface area contributed by atoms with Crippen molar-refractivity contribution in [3.8, 4) is 11.5 Å². The van der Waals surface area contributed by atoms with E-state index < -0.39 is 64.9 Å². The molecule has 0 saturated carbocycles. The van der Waals surface area contributed by atoms with E-state index in [-0.39, 0.29) is 70.0 Å². The van der Waals surface area contributed by atoms with Gasteiger partial charge in [-0.25, -0.2) is 9.13 Å². The van der Waals surface area contributed by atoms with Crippen LogP contribution in [0.25, 0.3) is 0 Å². The number of carbonyl (C=O) groups excluding carboxylic acids is 5. The molecular formula is C79H140N2O19P2+2. The summed E-state index contributed by atoms with van der Waals surface area (Å²) in [5.41, 5.74) is 0.650. The molecule has 2 rings (SSSR count). The van der Waals surface area contributed by atoms with Gasteiger partial charge >= 0.3 is 39.5 Å². The molecule has 0 fully saturated rings. The number of likely N-dealkylation sites (N-methyl/N-ethyl adjacent to an activating group) is 2. The van der Waals surface area contributed by atoms with Gasteiger partial charge in [0.25, 0.3) is 0 Å². The second-order valence-corrected chi connectivity index (χ2v) is 32.4. The number of phosphoric acid groups is 2. The number of esters is 4. The zero-order valence-corrected chi connectivity index (χ0v) is 66.3. The Morgan fingerprint density at radius 2 is 0.637 bits per heavy atom. The van der Waals surface area contributed by atoms with Crippen molar-refractivity contribution < 1.29 is 101 Å². The molecule has 0 aliphatic carbocycles. The van der Waals surface area contributed by atoms with Gasteiger partial charge in [0.05, 0.1) is 71.5 Å². The van der Waals surface area contributed by atoms with E-state index in [4.69, 9.17) is 49.3 Å². The lowest BCUT2D eigenvalue weighted by molar-refractivity contribution is -0.870. The molecule has 0 bridgehead atoms. The molecular weight excluding hydrogens is 1340 g/mol. The second kappa shape index (κ2) is 58.9. The quantitative estimate of drug-likeness (QED) is 0.0156. The largest absolute Gasteiger partial charge is 0.494 e. The summed E-state index contributed by atoms with van der Waals surface area (Å²) in [4.78, 5) is 85.0. The van der Waals surface area contributed by atoms with Gasteiger partial charge in [-0.2, -0.15) is 0 Å². The van der Waals surface area contributed by atoms with Crippen LogP contribution in [0.5, 0.6) is 11.5 Å². The van der Waals surface area contributed by atoms with Crippen LogP contribution in [0.1, 0.15) is 302 Å². The van der Waals surface area contributed by atoms with Crippen molar-refractivity contribution in [2.75, 3.05) is 108 Å². The van der Waals surface area contributed by atoms with E-state index in [0.29, 0.717) is 83.6 Å². The van der Waals surface area contributed by atoms with Gasteiger partial charge in [0, 0.05) is 36.8 Å². The zero-order valence-electron chi connectivity index (χ0n) is 66.5.